The van der Waals surface area contributed by atoms with Gasteiger partial charge in [0, 0.05) is 24.3 Å². The summed E-state index contributed by atoms with van der Waals surface area (Å²) in [6.07, 6.45) is -2.85. The van der Waals surface area contributed by atoms with Crippen molar-refractivity contribution in [2.24, 2.45) is 0 Å². The molecule has 1 aromatic carbocycles. The van der Waals surface area contributed by atoms with E-state index in [0.717, 1.165) is 12.8 Å². The summed E-state index contributed by atoms with van der Waals surface area (Å²) in [5.74, 6) is -0.879. The van der Waals surface area contributed by atoms with Crippen molar-refractivity contribution in [3.8, 4) is 0 Å². The van der Waals surface area contributed by atoms with Gasteiger partial charge in [0.15, 0.2) is 0 Å². The lowest BCUT2D eigenvalue weighted by Crippen LogP contribution is -2.38. The lowest BCUT2D eigenvalue weighted by Gasteiger charge is -2.22. The molecule has 0 aliphatic heterocycles. The number of alkyl halides is 3. The first-order chi connectivity index (χ1) is 12.2. The summed E-state index contributed by atoms with van der Waals surface area (Å²) in [6.45, 7) is 2.70. The van der Waals surface area contributed by atoms with Crippen molar-refractivity contribution in [2.45, 2.75) is 32.9 Å². The first-order valence-electron chi connectivity index (χ1n) is 8.30. The van der Waals surface area contributed by atoms with Crippen LogP contribution in [0.4, 0.5) is 23.7 Å². The first kappa shape index (κ1) is 21.8. The monoisotopic (exact) mass is 375 g/mol. The van der Waals surface area contributed by atoms with Gasteiger partial charge in [-0.3, -0.25) is 4.79 Å². The zero-order chi connectivity index (χ0) is 19.7. The molecule has 0 aliphatic rings. The average Bonchev–Trinajstić information content (AvgIpc) is 2.57. The lowest BCUT2D eigenvalue weighted by atomic mass is 10.1. The van der Waals surface area contributed by atoms with Crippen molar-refractivity contribution in [1.82, 2.24) is 10.2 Å². The predicted molar refractivity (Wildman–Crippen MR) is 92.2 cm³/mol. The second-order valence-electron chi connectivity index (χ2n) is 5.82. The zero-order valence-electron chi connectivity index (χ0n) is 14.8. The topological polar surface area (TPSA) is 81.7 Å². The van der Waals surface area contributed by atoms with Crippen molar-refractivity contribution >= 4 is 17.6 Å². The molecule has 9 heteroatoms. The van der Waals surface area contributed by atoms with E-state index in [4.69, 9.17) is 5.11 Å². The van der Waals surface area contributed by atoms with Gasteiger partial charge in [0.2, 0.25) is 0 Å². The molecular weight excluding hydrogens is 351 g/mol. The maximum atomic E-state index is 12.4. The van der Waals surface area contributed by atoms with Crippen LogP contribution >= 0.6 is 0 Å². The smallest absolute Gasteiger partial charge is 0.395 e. The Labute approximate surface area is 150 Å². The predicted octanol–water partition coefficient (Wildman–Crippen LogP) is 2.91. The molecule has 0 heterocycles. The van der Waals surface area contributed by atoms with E-state index >= 15 is 0 Å². The van der Waals surface area contributed by atoms with Crippen LogP contribution in [-0.2, 0) is 0 Å². The van der Waals surface area contributed by atoms with Gasteiger partial charge in [0.1, 0.15) is 6.54 Å². The van der Waals surface area contributed by atoms with Crippen LogP contribution in [0, 0.1) is 6.92 Å². The summed E-state index contributed by atoms with van der Waals surface area (Å²) >= 11 is 0. The van der Waals surface area contributed by atoms with Crippen LogP contribution in [-0.4, -0.2) is 54.4 Å². The third kappa shape index (κ3) is 7.30. The van der Waals surface area contributed by atoms with E-state index in [2.05, 4.69) is 5.32 Å². The number of aliphatic hydroxyl groups excluding tert-OH is 1. The van der Waals surface area contributed by atoms with Gasteiger partial charge in [-0.15, -0.1) is 0 Å². The van der Waals surface area contributed by atoms with Crippen molar-refractivity contribution in [3.05, 3.63) is 29.3 Å². The third-order valence-corrected chi connectivity index (χ3v) is 3.63. The van der Waals surface area contributed by atoms with Gasteiger partial charge in [-0.2, -0.15) is 13.2 Å². The number of aliphatic hydroxyl groups is 1. The number of urea groups is 1. The average molecular weight is 375 g/mol. The van der Waals surface area contributed by atoms with Gasteiger partial charge in [-0.1, -0.05) is 19.4 Å². The van der Waals surface area contributed by atoms with Gasteiger partial charge >= 0.3 is 12.2 Å². The van der Waals surface area contributed by atoms with Crippen LogP contribution in [0.5, 0.6) is 0 Å². The molecule has 0 saturated carbocycles. The molecule has 6 nitrogen and oxygen atoms in total. The van der Waals surface area contributed by atoms with Gasteiger partial charge < -0.3 is 20.6 Å². The van der Waals surface area contributed by atoms with Crippen LogP contribution in [0.1, 0.15) is 35.7 Å². The van der Waals surface area contributed by atoms with Crippen molar-refractivity contribution < 1.29 is 27.9 Å². The molecule has 0 fully saturated rings. The number of aryl methyl sites for hydroxylation is 1. The highest BCUT2D eigenvalue weighted by Gasteiger charge is 2.28. The molecular formula is C17H24F3N3O3. The number of rotatable bonds is 8. The van der Waals surface area contributed by atoms with E-state index in [0.29, 0.717) is 17.8 Å². The zero-order valence-corrected chi connectivity index (χ0v) is 14.8. The molecule has 0 saturated heterocycles. The van der Waals surface area contributed by atoms with E-state index < -0.39 is 24.7 Å². The normalized spacial score (nSPS) is 11.2. The Bertz CT molecular complexity index is 621. The highest BCUT2D eigenvalue weighted by Crippen LogP contribution is 2.18. The molecule has 26 heavy (non-hydrogen) atoms. The van der Waals surface area contributed by atoms with Crippen LogP contribution in [0.2, 0.25) is 0 Å². The van der Waals surface area contributed by atoms with Crippen LogP contribution < -0.4 is 10.6 Å². The molecule has 0 radical (unpaired) electrons. The molecule has 0 spiro atoms. The van der Waals surface area contributed by atoms with Gasteiger partial charge in [-0.05, 0) is 31.0 Å². The van der Waals surface area contributed by atoms with Crippen molar-refractivity contribution in [2.75, 3.05) is 31.6 Å². The number of benzene rings is 1. The van der Waals surface area contributed by atoms with E-state index in [1.807, 2.05) is 6.92 Å². The molecule has 3 amide bonds. The van der Waals surface area contributed by atoms with Crippen LogP contribution in [0.15, 0.2) is 18.2 Å². The lowest BCUT2D eigenvalue weighted by molar-refractivity contribution is -0.123. The molecule has 0 aliphatic carbocycles. The summed E-state index contributed by atoms with van der Waals surface area (Å²) in [7, 11) is 0. The Morgan fingerprint density at radius 1 is 1.23 bits per heavy atom. The largest absolute Gasteiger partial charge is 0.405 e. The fourth-order valence-electron chi connectivity index (χ4n) is 2.16. The fraction of sp³-hybridized carbons (Fsp3) is 0.529. The summed E-state index contributed by atoms with van der Waals surface area (Å²) in [5, 5.41) is 13.5. The quantitative estimate of drug-likeness (QED) is 0.653. The second kappa shape index (κ2) is 10.0. The maximum absolute atomic E-state index is 12.4. The fourth-order valence-corrected chi connectivity index (χ4v) is 2.16. The Kier molecular flexibility index (Phi) is 8.37. The molecule has 3 N–H and O–H groups in total. The number of carbonyl (C=O) groups is 2. The number of carbonyl (C=O) groups excluding carboxylic acids is 2. The molecule has 146 valence electrons. The summed E-state index contributed by atoms with van der Waals surface area (Å²) in [5.41, 5.74) is 0.997. The minimum Gasteiger partial charge on any atom is -0.395 e. The van der Waals surface area contributed by atoms with Gasteiger partial charge in [0.25, 0.3) is 5.91 Å². The van der Waals surface area contributed by atoms with E-state index in [1.54, 1.807) is 18.3 Å². The second-order valence-corrected chi connectivity index (χ2v) is 5.82. The van der Waals surface area contributed by atoms with Gasteiger partial charge in [0.05, 0.1) is 6.61 Å². The van der Waals surface area contributed by atoms with Crippen LogP contribution in [0.3, 0.4) is 0 Å². The highest BCUT2D eigenvalue weighted by atomic mass is 19.4. The SMILES string of the molecule is CCCCN(CCO)C(=O)Nc1cc(C(=O)NCC(F)(F)F)ccc1C. The van der Waals surface area contributed by atoms with Gasteiger partial charge in [-0.25, -0.2) is 4.79 Å². The Morgan fingerprint density at radius 2 is 1.92 bits per heavy atom. The molecule has 0 bridgehead atoms. The van der Waals surface area contributed by atoms with Crippen molar-refractivity contribution in [3.63, 3.8) is 0 Å². The van der Waals surface area contributed by atoms with Crippen molar-refractivity contribution in [1.29, 1.82) is 0 Å². The third-order valence-electron chi connectivity index (χ3n) is 3.63. The number of nitrogens with one attached hydrogen (secondary N) is 2. The number of nitrogens with zero attached hydrogens (tertiary/aromatic N) is 1. The van der Waals surface area contributed by atoms with Crippen LogP contribution in [0.25, 0.3) is 0 Å². The summed E-state index contributed by atoms with van der Waals surface area (Å²) in [6, 6.07) is 3.82. The standard InChI is InChI=1S/C17H24F3N3O3/c1-3-4-7-23(8-9-24)16(26)22-14-10-13(6-5-12(14)2)15(25)21-11-17(18,19)20/h5-6,10,24H,3-4,7-9,11H2,1-2H3,(H,21,25)(H,22,26). The molecule has 0 aromatic heterocycles. The van der Waals surface area contributed by atoms with E-state index in [9.17, 15) is 22.8 Å². The van der Waals surface area contributed by atoms with E-state index in [1.165, 1.54) is 17.0 Å². The highest BCUT2D eigenvalue weighted by molar-refractivity contribution is 5.97. The number of halogens is 3. The Morgan fingerprint density at radius 3 is 2.50 bits per heavy atom. The number of hydrogen-bond donors (Lipinski definition) is 3. The minimum absolute atomic E-state index is 0.0115. The van der Waals surface area contributed by atoms with E-state index in [-0.39, 0.29) is 18.7 Å². The molecule has 1 aromatic rings. The Hall–Kier alpha value is -2.29. The number of anilines is 1. The molecule has 0 atom stereocenters. The number of hydrogen-bond acceptors (Lipinski definition) is 3. The molecule has 1 rings (SSSR count). The number of amides is 3. The Balaban J connectivity index is 2.85. The maximum Gasteiger partial charge on any atom is 0.405 e. The summed E-state index contributed by atoms with van der Waals surface area (Å²) in [4.78, 5) is 25.6. The summed E-state index contributed by atoms with van der Waals surface area (Å²) < 4.78 is 36.6. The number of unbranched alkanes of at least 4 members (excludes halogenated alkanes) is 1. The molecule has 0 unspecified atom stereocenters. The minimum atomic E-state index is -4.50. The first-order valence-corrected chi connectivity index (χ1v) is 8.30.